The van der Waals surface area contributed by atoms with Gasteiger partial charge in [0.2, 0.25) is 5.91 Å². The van der Waals surface area contributed by atoms with Crippen molar-refractivity contribution in [3.8, 4) is 23.0 Å². The highest BCUT2D eigenvalue weighted by molar-refractivity contribution is 8.24. The van der Waals surface area contributed by atoms with Gasteiger partial charge in [-0.3, -0.25) is 13.9 Å². The highest BCUT2D eigenvalue weighted by Gasteiger charge is 2.47. The summed E-state index contributed by atoms with van der Waals surface area (Å²) >= 11 is 0. The van der Waals surface area contributed by atoms with Crippen molar-refractivity contribution >= 4 is 22.2 Å². The summed E-state index contributed by atoms with van der Waals surface area (Å²) < 4.78 is 21.7. The molecule has 2 saturated carbocycles. The van der Waals surface area contributed by atoms with E-state index in [9.17, 15) is 19.2 Å². The van der Waals surface area contributed by atoms with Gasteiger partial charge in [-0.1, -0.05) is 25.0 Å². The molecule has 2 atom stereocenters. The quantitative estimate of drug-likeness (QED) is 0.395. The Hall–Kier alpha value is -3.46. The molecule has 210 valence electrons. The molecular weight excluding hydrogens is 526 g/mol. The predicted molar refractivity (Wildman–Crippen MR) is 155 cm³/mol. The van der Waals surface area contributed by atoms with Gasteiger partial charge in [-0.25, -0.2) is 4.68 Å². The average Bonchev–Trinajstić information content (AvgIpc) is 3.60. The van der Waals surface area contributed by atoms with E-state index >= 15 is 0 Å². The van der Waals surface area contributed by atoms with Crippen molar-refractivity contribution in [1.29, 1.82) is 5.26 Å². The van der Waals surface area contributed by atoms with Crippen LogP contribution in [0.5, 0.6) is 0 Å². The van der Waals surface area contributed by atoms with Crippen molar-refractivity contribution in [3.05, 3.63) is 54.0 Å². The van der Waals surface area contributed by atoms with Crippen LogP contribution in [-0.2, 0) is 4.79 Å². The topological polar surface area (TPSA) is 140 Å². The summed E-state index contributed by atoms with van der Waals surface area (Å²) in [6.45, 7) is 3.11. The summed E-state index contributed by atoms with van der Waals surface area (Å²) in [5.41, 5.74) is 3.97. The summed E-state index contributed by atoms with van der Waals surface area (Å²) in [6.07, 6.45) is 6.99. The molecule has 0 unspecified atom stereocenters. The fourth-order valence-corrected chi connectivity index (χ4v) is 7.07. The summed E-state index contributed by atoms with van der Waals surface area (Å²) in [5, 5.41) is 26.2. The molecule has 3 aliphatic rings. The largest absolute Gasteiger partial charge is 0.368 e. The molecule has 40 heavy (non-hydrogen) atoms. The lowest BCUT2D eigenvalue weighted by atomic mass is 9.75. The minimum Gasteiger partial charge on any atom is -0.368 e. The first-order chi connectivity index (χ1) is 19.3. The number of nitriles is 1. The van der Waals surface area contributed by atoms with Crippen LogP contribution in [0.3, 0.4) is 0 Å². The van der Waals surface area contributed by atoms with Crippen LogP contribution in [0, 0.1) is 24.2 Å². The Morgan fingerprint density at radius 1 is 1.07 bits per heavy atom. The monoisotopic (exact) mass is 561 g/mol. The second-order valence-corrected chi connectivity index (χ2v) is 13.8. The molecule has 3 aromatic rings. The number of anilines is 1. The van der Waals surface area contributed by atoms with Crippen molar-refractivity contribution in [1.82, 2.24) is 25.3 Å². The average molecular weight is 562 g/mol. The Morgan fingerprint density at radius 3 is 2.45 bits per heavy atom. The number of benzene rings is 1. The van der Waals surface area contributed by atoms with Crippen molar-refractivity contribution < 1.29 is 13.9 Å². The van der Waals surface area contributed by atoms with E-state index in [0.717, 1.165) is 53.9 Å². The summed E-state index contributed by atoms with van der Waals surface area (Å²) in [5.74, 6) is 1.01. The van der Waals surface area contributed by atoms with Gasteiger partial charge in [0.25, 0.3) is 0 Å². The lowest BCUT2D eigenvalue weighted by molar-refractivity contribution is -0.127. The SMILES string of the molecule is Cc1ccc(-n2cc(-c3ccc(N4CCS(O)(O)CC4)cc3)c([C@@H]3CCCC[C@H]3C(=O)NC3(C#N)CC3)n2)nn1. The molecule has 0 bridgehead atoms. The van der Waals surface area contributed by atoms with Gasteiger partial charge in [-0.15, -0.1) is 5.10 Å². The molecule has 6 rings (SSSR count). The summed E-state index contributed by atoms with van der Waals surface area (Å²) in [7, 11) is -2.46. The highest BCUT2D eigenvalue weighted by atomic mass is 32.3. The molecule has 11 heteroatoms. The smallest absolute Gasteiger partial charge is 0.225 e. The van der Waals surface area contributed by atoms with Crippen LogP contribution in [0.1, 0.15) is 55.8 Å². The van der Waals surface area contributed by atoms with E-state index in [-0.39, 0.29) is 17.7 Å². The zero-order valence-corrected chi connectivity index (χ0v) is 23.5. The van der Waals surface area contributed by atoms with Crippen molar-refractivity contribution in [3.63, 3.8) is 0 Å². The molecule has 0 spiro atoms. The van der Waals surface area contributed by atoms with Crippen LogP contribution in [0.15, 0.2) is 42.6 Å². The van der Waals surface area contributed by atoms with Crippen LogP contribution in [0.2, 0.25) is 0 Å². The first kappa shape index (κ1) is 26.7. The summed E-state index contributed by atoms with van der Waals surface area (Å²) in [6, 6.07) is 14.3. The second kappa shape index (κ2) is 10.5. The third-order valence-corrected chi connectivity index (χ3v) is 10.1. The minimum atomic E-state index is -2.46. The third kappa shape index (κ3) is 5.44. The number of amides is 1. The fraction of sp³-hybridized carbons (Fsp3) is 0.483. The van der Waals surface area contributed by atoms with E-state index in [1.54, 1.807) is 4.68 Å². The number of rotatable bonds is 6. The molecule has 10 nitrogen and oxygen atoms in total. The van der Waals surface area contributed by atoms with Gasteiger partial charge in [-0.2, -0.15) is 26.0 Å². The molecule has 1 aliphatic heterocycles. The van der Waals surface area contributed by atoms with E-state index in [2.05, 4.69) is 50.7 Å². The van der Waals surface area contributed by atoms with Gasteiger partial charge in [-0.05, 0) is 62.4 Å². The van der Waals surface area contributed by atoms with E-state index in [0.29, 0.717) is 43.3 Å². The molecule has 0 radical (unpaired) electrons. The molecule has 3 fully saturated rings. The zero-order chi connectivity index (χ0) is 27.9. The van der Waals surface area contributed by atoms with Gasteiger partial charge in [0.05, 0.1) is 29.0 Å². The molecule has 1 amide bonds. The number of hydrogen-bond acceptors (Lipinski definition) is 8. The van der Waals surface area contributed by atoms with Crippen LogP contribution in [0.25, 0.3) is 16.9 Å². The molecule has 1 saturated heterocycles. The minimum absolute atomic E-state index is 0.0502. The number of carbonyl (C=O) groups excluding carboxylic acids is 1. The number of hydrogen-bond donors (Lipinski definition) is 3. The Balaban J connectivity index is 1.34. The maximum Gasteiger partial charge on any atom is 0.225 e. The lowest BCUT2D eigenvalue weighted by Gasteiger charge is -2.41. The highest BCUT2D eigenvalue weighted by Crippen LogP contribution is 2.44. The van der Waals surface area contributed by atoms with Gasteiger partial charge in [0, 0.05) is 42.4 Å². The molecule has 3 N–H and O–H groups in total. The normalized spacial score (nSPS) is 24.1. The van der Waals surface area contributed by atoms with E-state index in [4.69, 9.17) is 5.10 Å². The Bertz CT molecular complexity index is 1420. The van der Waals surface area contributed by atoms with Crippen LogP contribution >= 0.6 is 10.6 Å². The number of nitrogens with one attached hydrogen (secondary N) is 1. The predicted octanol–water partition coefficient (Wildman–Crippen LogP) is 4.65. The molecular formula is C29H35N7O3S. The standard InChI is InChI=1S/C29H35N7O3S/c1-20-6-11-26(33-32-20)36-18-25(21-7-9-22(10-8-21)35-14-16-40(38,39)17-15-35)27(34-36)23-4-2-3-5-24(23)28(37)31-29(19-30)12-13-29/h6-11,18,23-24,38-39H,2-5,12-17H2,1H3,(H,31,37)/t23-,24-/m1/s1. The van der Waals surface area contributed by atoms with Crippen LogP contribution in [-0.4, -0.2) is 65.1 Å². The maximum atomic E-state index is 13.5. The fourth-order valence-electron chi connectivity index (χ4n) is 5.84. The van der Waals surface area contributed by atoms with Crippen molar-refractivity contribution in [2.24, 2.45) is 5.92 Å². The maximum absolute atomic E-state index is 13.5. The molecule has 1 aromatic carbocycles. The number of carbonyl (C=O) groups is 1. The lowest BCUT2D eigenvalue weighted by Crippen LogP contribution is -2.42. The van der Waals surface area contributed by atoms with Gasteiger partial charge in [0.1, 0.15) is 5.54 Å². The number of aryl methyl sites for hydroxylation is 1. The van der Waals surface area contributed by atoms with Gasteiger partial charge in [0.15, 0.2) is 5.82 Å². The van der Waals surface area contributed by atoms with Crippen LogP contribution < -0.4 is 10.2 Å². The summed E-state index contributed by atoms with van der Waals surface area (Å²) in [4.78, 5) is 15.6. The van der Waals surface area contributed by atoms with Crippen LogP contribution in [0.4, 0.5) is 5.69 Å². The Morgan fingerprint density at radius 2 is 1.80 bits per heavy atom. The van der Waals surface area contributed by atoms with E-state index in [1.807, 2.05) is 25.3 Å². The first-order valence-corrected chi connectivity index (χ1v) is 15.9. The van der Waals surface area contributed by atoms with Gasteiger partial charge >= 0.3 is 0 Å². The number of nitrogens with zero attached hydrogens (tertiary/aromatic N) is 6. The third-order valence-electron chi connectivity index (χ3n) is 8.46. The number of aromatic nitrogens is 4. The first-order valence-electron chi connectivity index (χ1n) is 14.0. The molecule has 2 aliphatic carbocycles. The molecule has 2 aromatic heterocycles. The van der Waals surface area contributed by atoms with Crippen molar-refractivity contribution in [2.75, 3.05) is 29.5 Å². The second-order valence-electron chi connectivity index (χ2n) is 11.3. The zero-order valence-electron chi connectivity index (χ0n) is 22.7. The van der Waals surface area contributed by atoms with Crippen molar-refractivity contribution in [2.45, 2.75) is 56.9 Å². The Kier molecular flexibility index (Phi) is 7.02. The van der Waals surface area contributed by atoms with E-state index < -0.39 is 16.1 Å². The molecule has 3 heterocycles. The van der Waals surface area contributed by atoms with Gasteiger partial charge < -0.3 is 10.2 Å². The van der Waals surface area contributed by atoms with E-state index in [1.165, 1.54) is 0 Å². The Labute approximate surface area is 235 Å².